The van der Waals surface area contributed by atoms with Crippen molar-refractivity contribution in [3.8, 4) is 0 Å². The largest absolute Gasteiger partial charge is 0.345 e. The number of urea groups is 1. The number of benzene rings is 1. The molecule has 2 rings (SSSR count). The van der Waals surface area contributed by atoms with Crippen molar-refractivity contribution >= 4 is 6.03 Å². The van der Waals surface area contributed by atoms with Gasteiger partial charge in [-0.1, -0.05) is 44.0 Å². The first-order valence-corrected chi connectivity index (χ1v) is 9.37. The van der Waals surface area contributed by atoms with Crippen LogP contribution in [0.5, 0.6) is 0 Å². The number of carbonyl (C=O) groups is 1. The Hall–Kier alpha value is -2.23. The van der Waals surface area contributed by atoms with Gasteiger partial charge in [0.2, 0.25) is 0 Å². The van der Waals surface area contributed by atoms with Crippen molar-refractivity contribution in [2.75, 3.05) is 13.1 Å². The zero-order valence-corrected chi connectivity index (χ0v) is 15.8. The second-order valence-corrected chi connectivity index (χ2v) is 6.52. The van der Waals surface area contributed by atoms with Gasteiger partial charge >= 0.3 is 6.03 Å². The lowest BCUT2D eigenvalue weighted by Gasteiger charge is -2.24. The zero-order valence-electron chi connectivity index (χ0n) is 15.8. The minimum absolute atomic E-state index is 0.0299. The molecule has 1 aromatic heterocycles. The molecule has 2 aromatic rings. The lowest BCUT2D eigenvalue weighted by atomic mass is 10.1. The Bertz CT molecular complexity index is 663. The van der Waals surface area contributed by atoms with E-state index in [9.17, 15) is 4.79 Å². The SMILES string of the molecule is CCCCCN(Cc1cccn1Cc1ccccc1C)C(=O)NCC. The smallest absolute Gasteiger partial charge is 0.317 e. The van der Waals surface area contributed by atoms with Crippen molar-refractivity contribution < 1.29 is 4.79 Å². The summed E-state index contributed by atoms with van der Waals surface area (Å²) in [4.78, 5) is 14.3. The van der Waals surface area contributed by atoms with Gasteiger partial charge in [-0.15, -0.1) is 0 Å². The number of hydrogen-bond acceptors (Lipinski definition) is 1. The second kappa shape index (κ2) is 9.92. The van der Waals surface area contributed by atoms with Gasteiger partial charge in [-0.05, 0) is 43.5 Å². The number of aryl methyl sites for hydroxylation is 1. The normalized spacial score (nSPS) is 10.7. The van der Waals surface area contributed by atoms with Crippen molar-refractivity contribution in [2.24, 2.45) is 0 Å². The maximum Gasteiger partial charge on any atom is 0.317 e. The third-order valence-corrected chi connectivity index (χ3v) is 4.53. The lowest BCUT2D eigenvalue weighted by molar-refractivity contribution is 0.193. The fourth-order valence-corrected chi connectivity index (χ4v) is 2.98. The first-order chi connectivity index (χ1) is 12.2. The van der Waals surface area contributed by atoms with Crippen LogP contribution in [0.15, 0.2) is 42.6 Å². The molecule has 0 aliphatic heterocycles. The van der Waals surface area contributed by atoms with Crippen LogP contribution in [0.2, 0.25) is 0 Å². The van der Waals surface area contributed by atoms with E-state index < -0.39 is 0 Å². The summed E-state index contributed by atoms with van der Waals surface area (Å²) in [7, 11) is 0. The van der Waals surface area contributed by atoms with E-state index in [0.29, 0.717) is 13.1 Å². The second-order valence-electron chi connectivity index (χ2n) is 6.52. The summed E-state index contributed by atoms with van der Waals surface area (Å²) in [5.74, 6) is 0. The van der Waals surface area contributed by atoms with Crippen LogP contribution in [0.25, 0.3) is 0 Å². The standard InChI is InChI=1S/C21H31N3O/c1-4-6-9-14-24(21(25)22-5-2)17-20-13-10-15-23(20)16-19-12-8-7-11-18(19)3/h7-8,10-13,15H,4-6,9,14,16-17H2,1-3H3,(H,22,25). The monoisotopic (exact) mass is 341 g/mol. The molecular formula is C21H31N3O. The molecule has 0 unspecified atom stereocenters. The highest BCUT2D eigenvalue weighted by molar-refractivity contribution is 5.74. The maximum absolute atomic E-state index is 12.4. The van der Waals surface area contributed by atoms with Crippen LogP contribution in [0, 0.1) is 6.92 Å². The highest BCUT2D eigenvalue weighted by atomic mass is 16.2. The van der Waals surface area contributed by atoms with Crippen LogP contribution < -0.4 is 5.32 Å². The molecule has 1 heterocycles. The van der Waals surface area contributed by atoms with Crippen LogP contribution in [-0.4, -0.2) is 28.6 Å². The predicted molar refractivity (Wildman–Crippen MR) is 104 cm³/mol. The van der Waals surface area contributed by atoms with E-state index in [1.54, 1.807) is 0 Å². The van der Waals surface area contributed by atoms with Crippen molar-refractivity contribution in [1.82, 2.24) is 14.8 Å². The fraction of sp³-hybridized carbons (Fsp3) is 0.476. The highest BCUT2D eigenvalue weighted by Gasteiger charge is 2.15. The molecule has 0 bridgehead atoms. The van der Waals surface area contributed by atoms with Gasteiger partial charge in [0.1, 0.15) is 0 Å². The number of hydrogen-bond donors (Lipinski definition) is 1. The molecule has 0 aliphatic carbocycles. The van der Waals surface area contributed by atoms with Crippen molar-refractivity contribution in [1.29, 1.82) is 0 Å². The molecule has 0 fully saturated rings. The Balaban J connectivity index is 2.09. The van der Waals surface area contributed by atoms with E-state index in [1.807, 2.05) is 11.8 Å². The summed E-state index contributed by atoms with van der Waals surface area (Å²) < 4.78 is 2.24. The molecule has 25 heavy (non-hydrogen) atoms. The summed E-state index contributed by atoms with van der Waals surface area (Å²) in [6.45, 7) is 9.24. The first-order valence-electron chi connectivity index (χ1n) is 9.37. The van der Waals surface area contributed by atoms with Gasteiger partial charge in [-0.2, -0.15) is 0 Å². The molecule has 0 atom stereocenters. The molecule has 1 aromatic carbocycles. The Morgan fingerprint density at radius 1 is 1.12 bits per heavy atom. The van der Waals surface area contributed by atoms with Gasteiger partial charge < -0.3 is 14.8 Å². The van der Waals surface area contributed by atoms with E-state index in [1.165, 1.54) is 16.8 Å². The van der Waals surface area contributed by atoms with Crippen molar-refractivity contribution in [3.63, 3.8) is 0 Å². The van der Waals surface area contributed by atoms with Crippen LogP contribution in [0.1, 0.15) is 49.9 Å². The minimum Gasteiger partial charge on any atom is -0.345 e. The molecule has 0 spiro atoms. The third-order valence-electron chi connectivity index (χ3n) is 4.53. The quantitative estimate of drug-likeness (QED) is 0.667. The molecule has 0 saturated carbocycles. The summed E-state index contributed by atoms with van der Waals surface area (Å²) in [5.41, 5.74) is 3.78. The van der Waals surface area contributed by atoms with E-state index in [-0.39, 0.29) is 6.03 Å². The van der Waals surface area contributed by atoms with E-state index in [4.69, 9.17) is 0 Å². The number of nitrogens with one attached hydrogen (secondary N) is 1. The number of aromatic nitrogens is 1. The maximum atomic E-state index is 12.4. The van der Waals surface area contributed by atoms with Crippen molar-refractivity contribution in [3.05, 3.63) is 59.4 Å². The molecule has 1 N–H and O–H groups in total. The van der Waals surface area contributed by atoms with E-state index in [2.05, 4.69) is 66.3 Å². The molecular weight excluding hydrogens is 310 g/mol. The Morgan fingerprint density at radius 2 is 1.92 bits per heavy atom. The number of amides is 2. The molecule has 0 saturated heterocycles. The average molecular weight is 341 g/mol. The highest BCUT2D eigenvalue weighted by Crippen LogP contribution is 2.14. The minimum atomic E-state index is 0.0299. The molecule has 136 valence electrons. The van der Waals surface area contributed by atoms with Crippen LogP contribution >= 0.6 is 0 Å². The molecule has 4 heteroatoms. The van der Waals surface area contributed by atoms with Gasteiger partial charge in [0.25, 0.3) is 0 Å². The molecule has 0 aliphatic rings. The number of unbranched alkanes of at least 4 members (excludes halogenated alkanes) is 2. The Morgan fingerprint density at radius 3 is 2.64 bits per heavy atom. The van der Waals surface area contributed by atoms with Gasteiger partial charge in [0, 0.05) is 31.5 Å². The number of rotatable bonds is 9. The summed E-state index contributed by atoms with van der Waals surface area (Å²) in [6.07, 6.45) is 5.46. The molecule has 2 amide bonds. The number of carbonyl (C=O) groups excluding carboxylic acids is 1. The lowest BCUT2D eigenvalue weighted by Crippen LogP contribution is -2.40. The van der Waals surface area contributed by atoms with Gasteiger partial charge in [-0.3, -0.25) is 0 Å². The van der Waals surface area contributed by atoms with E-state index >= 15 is 0 Å². The van der Waals surface area contributed by atoms with E-state index in [0.717, 1.165) is 32.4 Å². The topological polar surface area (TPSA) is 37.3 Å². The van der Waals surface area contributed by atoms with Gasteiger partial charge in [-0.25, -0.2) is 4.79 Å². The molecule has 4 nitrogen and oxygen atoms in total. The van der Waals surface area contributed by atoms with Gasteiger partial charge in [0.05, 0.1) is 6.54 Å². The van der Waals surface area contributed by atoms with Crippen LogP contribution in [-0.2, 0) is 13.1 Å². The molecule has 0 radical (unpaired) electrons. The predicted octanol–water partition coefficient (Wildman–Crippen LogP) is 4.57. The average Bonchev–Trinajstić information content (AvgIpc) is 3.03. The summed E-state index contributed by atoms with van der Waals surface area (Å²) >= 11 is 0. The van der Waals surface area contributed by atoms with Crippen molar-refractivity contribution in [2.45, 2.75) is 53.1 Å². The third kappa shape index (κ3) is 5.66. The van der Waals surface area contributed by atoms with Crippen LogP contribution in [0.3, 0.4) is 0 Å². The summed E-state index contributed by atoms with van der Waals surface area (Å²) in [6, 6.07) is 12.7. The fourth-order valence-electron chi connectivity index (χ4n) is 2.98. The Labute approximate surface area is 151 Å². The first kappa shape index (κ1) is 19.1. The summed E-state index contributed by atoms with van der Waals surface area (Å²) in [5, 5.41) is 2.94. The zero-order chi connectivity index (χ0) is 18.1. The number of nitrogens with zero attached hydrogens (tertiary/aromatic N) is 2. The Kier molecular flexibility index (Phi) is 7.58. The van der Waals surface area contributed by atoms with Gasteiger partial charge in [0.15, 0.2) is 0 Å². The van der Waals surface area contributed by atoms with Crippen LogP contribution in [0.4, 0.5) is 4.79 Å².